The highest BCUT2D eigenvalue weighted by atomic mass is 16.3. The molecule has 5 heteroatoms. The second-order valence-electron chi connectivity index (χ2n) is 2.53. The zero-order valence-electron chi connectivity index (χ0n) is 6.54. The summed E-state index contributed by atoms with van der Waals surface area (Å²) in [5.41, 5.74) is 5.04. The van der Waals surface area contributed by atoms with Gasteiger partial charge < -0.3 is 21.3 Å². The van der Waals surface area contributed by atoms with Crippen molar-refractivity contribution < 1.29 is 10.2 Å². The number of aliphatic hydroxyl groups is 2. The summed E-state index contributed by atoms with van der Waals surface area (Å²) >= 11 is 0. The van der Waals surface area contributed by atoms with Crippen LogP contribution in [-0.4, -0.2) is 34.9 Å². The first kappa shape index (κ1) is 10.2. The summed E-state index contributed by atoms with van der Waals surface area (Å²) in [5, 5.41) is 26.8. The zero-order valence-corrected chi connectivity index (χ0v) is 6.54. The van der Waals surface area contributed by atoms with Gasteiger partial charge in [0.2, 0.25) is 0 Å². The highest BCUT2D eigenvalue weighted by Gasteiger charge is 2.08. The lowest BCUT2D eigenvalue weighted by Crippen LogP contribution is -2.39. The summed E-state index contributed by atoms with van der Waals surface area (Å²) in [6.45, 7) is 1.52. The van der Waals surface area contributed by atoms with E-state index in [0.717, 1.165) is 0 Å². The molecule has 0 amide bonds. The number of aliphatic hydroxyl groups excluding tert-OH is 2. The van der Waals surface area contributed by atoms with E-state index in [4.69, 9.17) is 21.4 Å². The van der Waals surface area contributed by atoms with Crippen LogP contribution in [0.4, 0.5) is 0 Å². The van der Waals surface area contributed by atoms with Gasteiger partial charge in [-0.15, -0.1) is 0 Å². The fraction of sp³-hybridized carbons (Fsp3) is 0.833. The van der Waals surface area contributed by atoms with E-state index in [1.54, 1.807) is 6.92 Å². The Kier molecular flexibility index (Phi) is 4.56. The van der Waals surface area contributed by atoms with Crippen molar-refractivity contribution >= 4 is 5.96 Å². The normalized spacial score (nSPS) is 15.5. The number of guanidine groups is 1. The van der Waals surface area contributed by atoms with Gasteiger partial charge in [-0.3, -0.25) is 5.41 Å². The van der Waals surface area contributed by atoms with Crippen molar-refractivity contribution in [3.63, 3.8) is 0 Å². The number of nitrogens with one attached hydrogen (secondary N) is 2. The standard InChI is InChI=1S/C6H15N3O2/c1-4(9-6(7)8)2-5(11)3-10/h4-5,10-11H,2-3H2,1H3,(H4,7,8,9). The van der Waals surface area contributed by atoms with Gasteiger partial charge in [0, 0.05) is 6.04 Å². The maximum Gasteiger partial charge on any atom is 0.185 e. The Hall–Kier alpha value is -0.810. The maximum atomic E-state index is 8.94. The second kappa shape index (κ2) is 4.92. The molecule has 0 aromatic rings. The highest BCUT2D eigenvalue weighted by Crippen LogP contribution is 1.95. The molecule has 0 aliphatic rings. The van der Waals surface area contributed by atoms with Gasteiger partial charge in [-0.1, -0.05) is 0 Å². The van der Waals surface area contributed by atoms with Crippen LogP contribution in [0.15, 0.2) is 0 Å². The third-order valence-corrected chi connectivity index (χ3v) is 1.24. The molecule has 66 valence electrons. The predicted octanol–water partition coefficient (Wildman–Crippen LogP) is -1.40. The predicted molar refractivity (Wildman–Crippen MR) is 42.2 cm³/mol. The van der Waals surface area contributed by atoms with Crippen LogP contribution >= 0.6 is 0 Å². The smallest absolute Gasteiger partial charge is 0.185 e. The molecule has 6 N–H and O–H groups in total. The van der Waals surface area contributed by atoms with Crippen LogP contribution in [0.2, 0.25) is 0 Å². The van der Waals surface area contributed by atoms with Crippen molar-refractivity contribution in [1.82, 2.24) is 5.32 Å². The largest absolute Gasteiger partial charge is 0.394 e. The summed E-state index contributed by atoms with van der Waals surface area (Å²) in [5.74, 6) is -0.123. The molecule has 0 radical (unpaired) electrons. The van der Waals surface area contributed by atoms with Crippen LogP contribution in [0.3, 0.4) is 0 Å². The fourth-order valence-electron chi connectivity index (χ4n) is 0.807. The van der Waals surface area contributed by atoms with Crippen molar-refractivity contribution in [3.05, 3.63) is 0 Å². The lowest BCUT2D eigenvalue weighted by Gasteiger charge is -2.15. The first-order chi connectivity index (χ1) is 5.06. The molecule has 0 aliphatic heterocycles. The molecule has 2 unspecified atom stereocenters. The Bertz CT molecular complexity index is 129. The van der Waals surface area contributed by atoms with Crippen molar-refractivity contribution in [2.24, 2.45) is 5.73 Å². The Labute approximate surface area is 65.7 Å². The highest BCUT2D eigenvalue weighted by molar-refractivity contribution is 5.74. The van der Waals surface area contributed by atoms with E-state index in [2.05, 4.69) is 5.32 Å². The lowest BCUT2D eigenvalue weighted by atomic mass is 10.1. The topological polar surface area (TPSA) is 102 Å². The number of rotatable bonds is 4. The minimum atomic E-state index is -0.739. The van der Waals surface area contributed by atoms with Gasteiger partial charge in [0.25, 0.3) is 0 Å². The monoisotopic (exact) mass is 161 g/mol. The molecule has 0 saturated heterocycles. The number of hydrogen-bond acceptors (Lipinski definition) is 3. The summed E-state index contributed by atoms with van der Waals surface area (Å²) in [7, 11) is 0. The molecule has 11 heavy (non-hydrogen) atoms. The first-order valence-electron chi connectivity index (χ1n) is 3.45. The van der Waals surface area contributed by atoms with Crippen molar-refractivity contribution in [2.75, 3.05) is 6.61 Å². The maximum absolute atomic E-state index is 8.94. The summed E-state index contributed by atoms with van der Waals surface area (Å²) in [4.78, 5) is 0. The summed E-state index contributed by atoms with van der Waals surface area (Å²) in [6, 6.07) is -0.0883. The van der Waals surface area contributed by atoms with Gasteiger partial charge in [-0.25, -0.2) is 0 Å². The molecule has 0 aliphatic carbocycles. The van der Waals surface area contributed by atoms with Crippen LogP contribution in [0.25, 0.3) is 0 Å². The second-order valence-corrected chi connectivity index (χ2v) is 2.53. The molecule has 0 rings (SSSR count). The third kappa shape index (κ3) is 5.63. The Morgan fingerprint density at radius 2 is 2.27 bits per heavy atom. The molecule has 0 fully saturated rings. The van der Waals surface area contributed by atoms with E-state index in [9.17, 15) is 0 Å². The quantitative estimate of drug-likeness (QED) is 0.258. The van der Waals surface area contributed by atoms with E-state index < -0.39 is 6.10 Å². The van der Waals surface area contributed by atoms with E-state index in [-0.39, 0.29) is 18.6 Å². The van der Waals surface area contributed by atoms with Gasteiger partial charge in [0.05, 0.1) is 12.7 Å². The first-order valence-corrected chi connectivity index (χ1v) is 3.45. The molecule has 2 atom stereocenters. The van der Waals surface area contributed by atoms with Crippen LogP contribution in [0.1, 0.15) is 13.3 Å². The van der Waals surface area contributed by atoms with Gasteiger partial charge >= 0.3 is 0 Å². The van der Waals surface area contributed by atoms with E-state index in [1.807, 2.05) is 0 Å². The average molecular weight is 161 g/mol. The molecular weight excluding hydrogens is 146 g/mol. The molecule has 0 aromatic heterocycles. The van der Waals surface area contributed by atoms with Crippen LogP contribution < -0.4 is 11.1 Å². The number of hydrogen-bond donors (Lipinski definition) is 5. The molecule has 5 nitrogen and oxygen atoms in total. The van der Waals surface area contributed by atoms with Crippen LogP contribution in [0, 0.1) is 5.41 Å². The molecule has 0 spiro atoms. The lowest BCUT2D eigenvalue weighted by molar-refractivity contribution is 0.0824. The van der Waals surface area contributed by atoms with Crippen molar-refractivity contribution in [3.8, 4) is 0 Å². The number of nitrogens with two attached hydrogens (primary N) is 1. The van der Waals surface area contributed by atoms with Crippen molar-refractivity contribution in [1.29, 1.82) is 5.41 Å². The average Bonchev–Trinajstić information content (AvgIpc) is 1.85. The van der Waals surface area contributed by atoms with Gasteiger partial charge in [0.15, 0.2) is 5.96 Å². The summed E-state index contributed by atoms with van der Waals surface area (Å²) < 4.78 is 0. The fourth-order valence-corrected chi connectivity index (χ4v) is 0.807. The molecule has 0 heterocycles. The summed E-state index contributed by atoms with van der Waals surface area (Å²) in [6.07, 6.45) is -0.354. The Morgan fingerprint density at radius 3 is 2.64 bits per heavy atom. The zero-order chi connectivity index (χ0) is 8.85. The minimum Gasteiger partial charge on any atom is -0.394 e. The van der Waals surface area contributed by atoms with Gasteiger partial charge in [-0.2, -0.15) is 0 Å². The molecule has 0 aromatic carbocycles. The Morgan fingerprint density at radius 1 is 1.73 bits per heavy atom. The SMILES string of the molecule is CC(CC(O)CO)NC(=N)N. The van der Waals surface area contributed by atoms with Crippen molar-refractivity contribution in [2.45, 2.75) is 25.5 Å². The molecule has 0 bridgehead atoms. The third-order valence-electron chi connectivity index (χ3n) is 1.24. The van der Waals surface area contributed by atoms with Crippen LogP contribution in [0.5, 0.6) is 0 Å². The Balaban J connectivity index is 3.51. The van der Waals surface area contributed by atoms with E-state index >= 15 is 0 Å². The van der Waals surface area contributed by atoms with E-state index in [1.165, 1.54) is 0 Å². The van der Waals surface area contributed by atoms with Gasteiger partial charge in [0.1, 0.15) is 0 Å². The van der Waals surface area contributed by atoms with E-state index in [0.29, 0.717) is 6.42 Å². The molecule has 0 saturated carbocycles. The molecular formula is C6H15N3O2. The van der Waals surface area contributed by atoms with Gasteiger partial charge in [-0.05, 0) is 13.3 Å². The minimum absolute atomic E-state index is 0.0883. The van der Waals surface area contributed by atoms with Crippen LogP contribution in [-0.2, 0) is 0 Å².